The molecule has 1 fully saturated rings. The lowest BCUT2D eigenvalue weighted by Gasteiger charge is -2.32. The Balaban J connectivity index is 1.35. The van der Waals surface area contributed by atoms with Crippen molar-refractivity contribution in [2.45, 2.75) is 32.7 Å². The minimum absolute atomic E-state index is 0.255. The predicted molar refractivity (Wildman–Crippen MR) is 102 cm³/mol. The Hall–Kier alpha value is -1.65. The van der Waals surface area contributed by atoms with Gasteiger partial charge >= 0.3 is 0 Å². The molecule has 1 amide bonds. The van der Waals surface area contributed by atoms with Crippen molar-refractivity contribution in [3.8, 4) is 0 Å². The molecule has 2 aromatic rings. The zero-order valence-electron chi connectivity index (χ0n) is 15.0. The Bertz CT molecular complexity index is 732. The van der Waals surface area contributed by atoms with Crippen molar-refractivity contribution in [1.29, 1.82) is 0 Å². The topological polar surface area (TPSA) is 24.8 Å². The summed E-state index contributed by atoms with van der Waals surface area (Å²) < 4.78 is 0. The lowest BCUT2D eigenvalue weighted by Crippen LogP contribution is -3.13. The zero-order chi connectivity index (χ0) is 17.2. The second-order valence-corrected chi connectivity index (χ2v) is 8.75. The molecule has 0 saturated carbocycles. The van der Waals surface area contributed by atoms with E-state index in [2.05, 4.69) is 48.2 Å². The highest BCUT2D eigenvalue weighted by atomic mass is 32.1. The van der Waals surface area contributed by atoms with E-state index in [1.165, 1.54) is 22.4 Å². The van der Waals surface area contributed by atoms with Gasteiger partial charge in [-0.2, -0.15) is 0 Å². The molecule has 4 heteroatoms. The Morgan fingerprint density at radius 2 is 2.00 bits per heavy atom. The minimum Gasteiger partial charge on any atom is -0.328 e. The van der Waals surface area contributed by atoms with Crippen LogP contribution in [0.4, 0.5) is 0 Å². The Kier molecular flexibility index (Phi) is 4.91. The molecule has 3 nitrogen and oxygen atoms in total. The number of fused-ring (bicyclic) bond motifs is 1. The number of thiophene rings is 1. The zero-order valence-corrected chi connectivity index (χ0v) is 15.8. The van der Waals surface area contributed by atoms with Gasteiger partial charge in [-0.05, 0) is 36.8 Å². The van der Waals surface area contributed by atoms with E-state index < -0.39 is 0 Å². The average Bonchev–Trinajstić information content (AvgIpc) is 3.06. The number of carbonyl (C=O) groups is 1. The lowest BCUT2D eigenvalue weighted by atomic mass is 9.90. The van der Waals surface area contributed by atoms with Gasteiger partial charge in [0.1, 0.15) is 6.54 Å². The van der Waals surface area contributed by atoms with E-state index in [-0.39, 0.29) is 5.91 Å². The van der Waals surface area contributed by atoms with Crippen LogP contribution >= 0.6 is 11.3 Å². The number of carbonyl (C=O) groups excluding carboxylic acids is 1. The molecule has 0 unspecified atom stereocenters. The van der Waals surface area contributed by atoms with Crippen molar-refractivity contribution in [3.63, 3.8) is 0 Å². The summed E-state index contributed by atoms with van der Waals surface area (Å²) in [6.45, 7) is 7.22. The molecule has 4 rings (SSSR count). The maximum absolute atomic E-state index is 12.9. The van der Waals surface area contributed by atoms with Gasteiger partial charge in [-0.15, -0.1) is 11.3 Å². The SMILES string of the molecule is C[C@@H]1CCc2sc(C(=O)N3CC[NH+](Cc4ccccc4)CC3)cc2C1. The Morgan fingerprint density at radius 1 is 1.24 bits per heavy atom. The number of quaternary nitrogens is 1. The fourth-order valence-electron chi connectivity index (χ4n) is 4.05. The second-order valence-electron chi connectivity index (χ2n) is 7.61. The van der Waals surface area contributed by atoms with Gasteiger partial charge in [0.05, 0.1) is 31.1 Å². The van der Waals surface area contributed by atoms with Gasteiger partial charge in [0, 0.05) is 10.4 Å². The van der Waals surface area contributed by atoms with Gasteiger partial charge in [0.25, 0.3) is 5.91 Å². The largest absolute Gasteiger partial charge is 0.328 e. The molecule has 1 aliphatic carbocycles. The number of benzene rings is 1. The highest BCUT2D eigenvalue weighted by Gasteiger charge is 2.27. The van der Waals surface area contributed by atoms with Gasteiger partial charge < -0.3 is 9.80 Å². The number of rotatable bonds is 3. The smallest absolute Gasteiger partial charge is 0.264 e. The predicted octanol–water partition coefficient (Wildman–Crippen LogP) is 2.41. The van der Waals surface area contributed by atoms with Crippen LogP contribution in [0.2, 0.25) is 0 Å². The normalized spacial score (nSPS) is 21.2. The summed E-state index contributed by atoms with van der Waals surface area (Å²) >= 11 is 1.74. The van der Waals surface area contributed by atoms with E-state index in [1.807, 2.05) is 0 Å². The third-order valence-electron chi connectivity index (χ3n) is 5.59. The van der Waals surface area contributed by atoms with E-state index in [9.17, 15) is 4.79 Å². The quantitative estimate of drug-likeness (QED) is 0.899. The number of amides is 1. The number of nitrogens with zero attached hydrogens (tertiary/aromatic N) is 1. The number of piperazine rings is 1. The van der Waals surface area contributed by atoms with Gasteiger partial charge in [-0.3, -0.25) is 4.79 Å². The first kappa shape index (κ1) is 16.8. The lowest BCUT2D eigenvalue weighted by molar-refractivity contribution is -0.917. The van der Waals surface area contributed by atoms with Crippen LogP contribution in [0.5, 0.6) is 0 Å². The molecule has 2 heterocycles. The Labute approximate surface area is 154 Å². The fraction of sp³-hybridized carbons (Fsp3) is 0.476. The van der Waals surface area contributed by atoms with E-state index in [0.717, 1.165) is 56.4 Å². The molecule has 1 aromatic carbocycles. The van der Waals surface area contributed by atoms with Crippen molar-refractivity contribution >= 4 is 17.2 Å². The second kappa shape index (κ2) is 7.30. The highest BCUT2D eigenvalue weighted by Crippen LogP contribution is 2.32. The molecule has 1 N–H and O–H groups in total. The van der Waals surface area contributed by atoms with Crippen LogP contribution in [0.15, 0.2) is 36.4 Å². The summed E-state index contributed by atoms with van der Waals surface area (Å²) in [4.78, 5) is 19.0. The summed E-state index contributed by atoms with van der Waals surface area (Å²) in [6, 6.07) is 12.9. The summed E-state index contributed by atoms with van der Waals surface area (Å²) in [7, 11) is 0. The van der Waals surface area contributed by atoms with Crippen molar-refractivity contribution in [2.24, 2.45) is 5.92 Å². The van der Waals surface area contributed by atoms with Crippen LogP contribution in [-0.4, -0.2) is 37.0 Å². The third-order valence-corrected chi connectivity index (χ3v) is 6.82. The van der Waals surface area contributed by atoms with Crippen LogP contribution in [0.1, 0.15) is 39.0 Å². The highest BCUT2D eigenvalue weighted by molar-refractivity contribution is 7.14. The first-order valence-corrected chi connectivity index (χ1v) is 10.3. The van der Waals surface area contributed by atoms with Crippen molar-refractivity contribution < 1.29 is 9.69 Å². The van der Waals surface area contributed by atoms with Crippen molar-refractivity contribution in [2.75, 3.05) is 26.2 Å². The molecular formula is C21H27N2OS+. The fourth-order valence-corrected chi connectivity index (χ4v) is 5.23. The Morgan fingerprint density at radius 3 is 2.76 bits per heavy atom. The van der Waals surface area contributed by atoms with E-state index >= 15 is 0 Å². The number of nitrogens with one attached hydrogen (secondary N) is 1. The molecule has 0 spiro atoms. The minimum atomic E-state index is 0.255. The average molecular weight is 356 g/mol. The first-order valence-electron chi connectivity index (χ1n) is 9.47. The first-order chi connectivity index (χ1) is 12.2. The maximum Gasteiger partial charge on any atom is 0.264 e. The molecule has 1 aromatic heterocycles. The van der Waals surface area contributed by atoms with Gasteiger partial charge in [0.15, 0.2) is 0 Å². The van der Waals surface area contributed by atoms with Gasteiger partial charge in [-0.1, -0.05) is 37.3 Å². The molecule has 132 valence electrons. The standard InChI is InChI=1S/C21H26N2OS/c1-16-7-8-19-18(13-16)14-20(25-19)21(24)23-11-9-22(10-12-23)15-17-5-3-2-4-6-17/h2-6,14,16H,7-13,15H2,1H3/p+1/t16-/m1/s1. The molecule has 1 atom stereocenters. The van der Waals surface area contributed by atoms with Crippen molar-refractivity contribution in [3.05, 3.63) is 57.3 Å². The van der Waals surface area contributed by atoms with Crippen LogP contribution < -0.4 is 4.90 Å². The molecule has 2 aliphatic rings. The van der Waals surface area contributed by atoms with Gasteiger partial charge in [-0.25, -0.2) is 0 Å². The van der Waals surface area contributed by atoms with E-state index in [0.29, 0.717) is 0 Å². The summed E-state index contributed by atoms with van der Waals surface area (Å²) in [5.41, 5.74) is 2.82. The summed E-state index contributed by atoms with van der Waals surface area (Å²) in [5, 5.41) is 0. The monoisotopic (exact) mass is 355 g/mol. The molecule has 0 radical (unpaired) electrons. The molecule has 0 bridgehead atoms. The summed E-state index contributed by atoms with van der Waals surface area (Å²) in [6.07, 6.45) is 3.57. The molecule has 25 heavy (non-hydrogen) atoms. The number of hydrogen-bond acceptors (Lipinski definition) is 2. The van der Waals surface area contributed by atoms with Crippen LogP contribution in [0, 0.1) is 5.92 Å². The summed E-state index contributed by atoms with van der Waals surface area (Å²) in [5.74, 6) is 1.01. The third kappa shape index (κ3) is 3.80. The van der Waals surface area contributed by atoms with Crippen LogP contribution in [0.3, 0.4) is 0 Å². The van der Waals surface area contributed by atoms with E-state index in [4.69, 9.17) is 0 Å². The van der Waals surface area contributed by atoms with Gasteiger partial charge in [0.2, 0.25) is 0 Å². The maximum atomic E-state index is 12.9. The molecular weight excluding hydrogens is 328 g/mol. The number of hydrogen-bond donors (Lipinski definition) is 1. The van der Waals surface area contributed by atoms with Crippen LogP contribution in [-0.2, 0) is 19.4 Å². The van der Waals surface area contributed by atoms with Crippen LogP contribution in [0.25, 0.3) is 0 Å². The van der Waals surface area contributed by atoms with Crippen molar-refractivity contribution in [1.82, 2.24) is 4.90 Å². The molecule has 1 aliphatic heterocycles. The molecule has 1 saturated heterocycles. The number of aryl methyl sites for hydroxylation is 1. The van der Waals surface area contributed by atoms with E-state index in [1.54, 1.807) is 16.2 Å².